The summed E-state index contributed by atoms with van der Waals surface area (Å²) in [5.41, 5.74) is 0.848. The molecule has 0 aromatic heterocycles. The summed E-state index contributed by atoms with van der Waals surface area (Å²) in [4.78, 5) is 24.7. The van der Waals surface area contributed by atoms with Crippen LogP contribution < -0.4 is 5.32 Å². The van der Waals surface area contributed by atoms with Gasteiger partial charge in [0.05, 0.1) is 22.8 Å². The van der Waals surface area contributed by atoms with Crippen LogP contribution in [0, 0.1) is 0 Å². The van der Waals surface area contributed by atoms with Crippen LogP contribution >= 0.6 is 0 Å². The molecule has 0 radical (unpaired) electrons. The summed E-state index contributed by atoms with van der Waals surface area (Å²) in [6.45, 7) is 6.20. The van der Waals surface area contributed by atoms with Gasteiger partial charge >= 0.3 is 5.97 Å². The van der Waals surface area contributed by atoms with Crippen LogP contribution in [-0.4, -0.2) is 44.3 Å². The number of esters is 1. The number of ether oxygens (including phenoxy) is 1. The second-order valence-corrected chi connectivity index (χ2v) is 7.77. The van der Waals surface area contributed by atoms with Crippen molar-refractivity contribution in [1.29, 1.82) is 0 Å². The Kier molecular flexibility index (Phi) is 7.31. The highest BCUT2D eigenvalue weighted by Crippen LogP contribution is 2.19. The topological polar surface area (TPSA) is 92.8 Å². The third-order valence-electron chi connectivity index (χ3n) is 4.13. The quantitative estimate of drug-likeness (QED) is 0.682. The number of sulfonamides is 1. The second kappa shape index (κ2) is 9.48. The zero-order chi connectivity index (χ0) is 20.7. The molecule has 8 heteroatoms. The van der Waals surface area contributed by atoms with Crippen molar-refractivity contribution < 1.29 is 22.7 Å². The van der Waals surface area contributed by atoms with Crippen LogP contribution in [0.25, 0.3) is 0 Å². The van der Waals surface area contributed by atoms with Crippen molar-refractivity contribution in [2.24, 2.45) is 0 Å². The van der Waals surface area contributed by atoms with Gasteiger partial charge in [0.2, 0.25) is 10.0 Å². The Labute approximate surface area is 165 Å². The minimum atomic E-state index is -3.59. The van der Waals surface area contributed by atoms with Gasteiger partial charge < -0.3 is 10.1 Å². The lowest BCUT2D eigenvalue weighted by atomic mass is 10.1. The molecule has 0 heterocycles. The second-order valence-electron chi connectivity index (χ2n) is 5.83. The molecule has 0 aliphatic rings. The maximum atomic E-state index is 12.5. The highest BCUT2D eigenvalue weighted by molar-refractivity contribution is 7.89. The standard InChI is InChI=1S/C20H24N2O5S/c1-4-22(5-2)28(25,26)16-13-11-15(12-14-16)19(23)21-18-10-8-7-9-17(18)20(24)27-6-3/h7-14H,4-6H2,1-3H3,(H,21,23). The third-order valence-corrected chi connectivity index (χ3v) is 6.19. The average Bonchev–Trinajstić information content (AvgIpc) is 2.69. The van der Waals surface area contributed by atoms with E-state index in [2.05, 4.69) is 5.32 Å². The molecule has 0 atom stereocenters. The molecule has 0 unspecified atom stereocenters. The fraction of sp³-hybridized carbons (Fsp3) is 0.300. The van der Waals surface area contributed by atoms with Crippen molar-refractivity contribution in [1.82, 2.24) is 4.31 Å². The summed E-state index contributed by atoms with van der Waals surface area (Å²) < 4.78 is 31.4. The third kappa shape index (κ3) is 4.76. The Hall–Kier alpha value is -2.71. The zero-order valence-corrected chi connectivity index (χ0v) is 17.0. The molecule has 0 saturated heterocycles. The lowest BCUT2D eigenvalue weighted by molar-refractivity contribution is 0.0527. The Morgan fingerprint density at radius 2 is 1.57 bits per heavy atom. The molecule has 1 N–H and O–H groups in total. The first kappa shape index (κ1) is 21.6. The largest absolute Gasteiger partial charge is 0.462 e. The summed E-state index contributed by atoms with van der Waals surface area (Å²) in [6, 6.07) is 12.2. The summed E-state index contributed by atoms with van der Waals surface area (Å²) in [5, 5.41) is 2.67. The number of carbonyl (C=O) groups excluding carboxylic acids is 2. The van der Waals surface area contributed by atoms with Crippen LogP contribution in [0.2, 0.25) is 0 Å². The van der Waals surface area contributed by atoms with Gasteiger partial charge in [-0.15, -0.1) is 0 Å². The number of anilines is 1. The van der Waals surface area contributed by atoms with Crippen molar-refractivity contribution in [3.63, 3.8) is 0 Å². The van der Waals surface area contributed by atoms with E-state index in [1.54, 1.807) is 45.0 Å². The Balaban J connectivity index is 2.22. The van der Waals surface area contributed by atoms with E-state index in [4.69, 9.17) is 4.74 Å². The van der Waals surface area contributed by atoms with Gasteiger partial charge in [-0.05, 0) is 43.3 Å². The van der Waals surface area contributed by atoms with Gasteiger partial charge in [-0.1, -0.05) is 26.0 Å². The van der Waals surface area contributed by atoms with Crippen molar-refractivity contribution in [3.8, 4) is 0 Å². The molecule has 0 fully saturated rings. The smallest absolute Gasteiger partial charge is 0.340 e. The SMILES string of the molecule is CCOC(=O)c1ccccc1NC(=O)c1ccc(S(=O)(=O)N(CC)CC)cc1. The number of nitrogens with zero attached hydrogens (tertiary/aromatic N) is 1. The molecule has 2 rings (SSSR count). The molecule has 150 valence electrons. The highest BCUT2D eigenvalue weighted by Gasteiger charge is 2.22. The van der Waals surface area contributed by atoms with Crippen LogP contribution in [0.15, 0.2) is 53.4 Å². The number of hydrogen-bond acceptors (Lipinski definition) is 5. The fourth-order valence-corrected chi connectivity index (χ4v) is 4.12. The first-order valence-corrected chi connectivity index (χ1v) is 10.5. The van der Waals surface area contributed by atoms with Gasteiger partial charge in [0, 0.05) is 18.7 Å². The number of nitrogens with one attached hydrogen (secondary N) is 1. The van der Waals surface area contributed by atoms with E-state index in [0.29, 0.717) is 18.8 Å². The minimum absolute atomic E-state index is 0.125. The summed E-state index contributed by atoms with van der Waals surface area (Å²) >= 11 is 0. The molecule has 0 aliphatic carbocycles. The van der Waals surface area contributed by atoms with E-state index in [-0.39, 0.29) is 22.6 Å². The summed E-state index contributed by atoms with van der Waals surface area (Å²) in [5.74, 6) is -0.984. The zero-order valence-electron chi connectivity index (χ0n) is 16.1. The average molecular weight is 404 g/mol. The van der Waals surface area contributed by atoms with Crippen molar-refractivity contribution in [3.05, 3.63) is 59.7 Å². The molecule has 28 heavy (non-hydrogen) atoms. The molecule has 1 amide bonds. The van der Waals surface area contributed by atoms with E-state index < -0.39 is 21.9 Å². The molecular formula is C20H24N2O5S. The van der Waals surface area contributed by atoms with E-state index in [1.165, 1.54) is 28.6 Å². The van der Waals surface area contributed by atoms with E-state index in [0.717, 1.165) is 0 Å². The van der Waals surface area contributed by atoms with Gasteiger partial charge in [0.1, 0.15) is 0 Å². The number of para-hydroxylation sites is 1. The Morgan fingerprint density at radius 1 is 0.964 bits per heavy atom. The molecule has 2 aromatic carbocycles. The maximum absolute atomic E-state index is 12.5. The predicted octanol–water partition coefficient (Wildman–Crippen LogP) is 3.15. The van der Waals surface area contributed by atoms with Crippen molar-refractivity contribution in [2.75, 3.05) is 25.0 Å². The first-order chi connectivity index (χ1) is 13.3. The van der Waals surface area contributed by atoms with Gasteiger partial charge in [-0.25, -0.2) is 13.2 Å². The van der Waals surface area contributed by atoms with Crippen LogP contribution in [-0.2, 0) is 14.8 Å². The van der Waals surface area contributed by atoms with Crippen molar-refractivity contribution in [2.45, 2.75) is 25.7 Å². The first-order valence-electron chi connectivity index (χ1n) is 9.02. The maximum Gasteiger partial charge on any atom is 0.340 e. The lowest BCUT2D eigenvalue weighted by Crippen LogP contribution is -2.30. The predicted molar refractivity (Wildman–Crippen MR) is 107 cm³/mol. The number of hydrogen-bond donors (Lipinski definition) is 1. The molecule has 2 aromatic rings. The van der Waals surface area contributed by atoms with Crippen LogP contribution in [0.5, 0.6) is 0 Å². The molecule has 0 bridgehead atoms. The Morgan fingerprint density at radius 3 is 2.14 bits per heavy atom. The van der Waals surface area contributed by atoms with Crippen LogP contribution in [0.1, 0.15) is 41.5 Å². The van der Waals surface area contributed by atoms with E-state index in [1.807, 2.05) is 0 Å². The highest BCUT2D eigenvalue weighted by atomic mass is 32.2. The number of rotatable bonds is 8. The number of amides is 1. The molecule has 0 spiro atoms. The van der Waals surface area contributed by atoms with E-state index >= 15 is 0 Å². The van der Waals surface area contributed by atoms with E-state index in [9.17, 15) is 18.0 Å². The molecule has 7 nitrogen and oxygen atoms in total. The molecule has 0 aliphatic heterocycles. The Bertz CT molecular complexity index is 935. The number of benzene rings is 2. The van der Waals surface area contributed by atoms with Crippen LogP contribution in [0.4, 0.5) is 5.69 Å². The van der Waals surface area contributed by atoms with Gasteiger partial charge in [0.15, 0.2) is 0 Å². The summed E-state index contributed by atoms with van der Waals surface area (Å²) in [6.07, 6.45) is 0. The molecule has 0 saturated carbocycles. The number of carbonyl (C=O) groups is 2. The lowest BCUT2D eigenvalue weighted by Gasteiger charge is -2.18. The van der Waals surface area contributed by atoms with Gasteiger partial charge in [-0.2, -0.15) is 4.31 Å². The summed E-state index contributed by atoms with van der Waals surface area (Å²) in [7, 11) is -3.59. The monoisotopic (exact) mass is 404 g/mol. The minimum Gasteiger partial charge on any atom is -0.462 e. The van der Waals surface area contributed by atoms with Crippen molar-refractivity contribution >= 4 is 27.6 Å². The molecular weight excluding hydrogens is 380 g/mol. The normalized spacial score (nSPS) is 11.3. The van der Waals surface area contributed by atoms with Gasteiger partial charge in [-0.3, -0.25) is 4.79 Å². The fourth-order valence-electron chi connectivity index (χ4n) is 2.66. The van der Waals surface area contributed by atoms with Gasteiger partial charge in [0.25, 0.3) is 5.91 Å². The van der Waals surface area contributed by atoms with Crippen LogP contribution in [0.3, 0.4) is 0 Å².